The molecule has 2 aliphatic heterocycles. The number of anilines is 1. The van der Waals surface area contributed by atoms with Gasteiger partial charge < -0.3 is 9.64 Å². The predicted molar refractivity (Wildman–Crippen MR) is 83.9 cm³/mol. The highest BCUT2D eigenvalue weighted by Gasteiger charge is 2.33. The van der Waals surface area contributed by atoms with Crippen molar-refractivity contribution in [3.05, 3.63) is 24.3 Å². The molecule has 3 rings (SSSR count). The van der Waals surface area contributed by atoms with Crippen molar-refractivity contribution in [3.8, 4) is 5.75 Å². The summed E-state index contributed by atoms with van der Waals surface area (Å²) in [5.74, 6) is 1.06. The molecule has 0 radical (unpaired) electrons. The Morgan fingerprint density at radius 2 is 2.09 bits per heavy atom. The largest absolute Gasteiger partial charge is 0.479 e. The molecule has 0 aromatic heterocycles. The molecule has 0 unspecified atom stereocenters. The van der Waals surface area contributed by atoms with Crippen LogP contribution in [0.15, 0.2) is 24.3 Å². The molecule has 1 fully saturated rings. The van der Waals surface area contributed by atoms with Crippen molar-refractivity contribution in [2.75, 3.05) is 24.5 Å². The molecular weight excluding hydrogens is 280 g/mol. The van der Waals surface area contributed by atoms with Gasteiger partial charge in [0, 0.05) is 13.1 Å². The summed E-state index contributed by atoms with van der Waals surface area (Å²) in [5.41, 5.74) is 0.684. The van der Waals surface area contributed by atoms with E-state index in [0.29, 0.717) is 17.4 Å². The third-order valence-corrected chi connectivity index (χ3v) is 4.38. The number of hydrogen-bond acceptors (Lipinski definition) is 3. The molecule has 1 saturated heterocycles. The van der Waals surface area contributed by atoms with Gasteiger partial charge in [0.15, 0.2) is 6.10 Å². The first-order chi connectivity index (χ1) is 10.6. The van der Waals surface area contributed by atoms with E-state index in [2.05, 4.69) is 6.92 Å². The number of likely N-dealkylation sites (tertiary alicyclic amines) is 1. The van der Waals surface area contributed by atoms with Gasteiger partial charge in [0.05, 0.1) is 5.69 Å². The number of para-hydroxylation sites is 2. The Labute approximate surface area is 130 Å². The van der Waals surface area contributed by atoms with Gasteiger partial charge in [-0.3, -0.25) is 14.5 Å². The standard InChI is InChI=1S/C17H22N2O3/c1-12-6-5-9-18(10-12)16(20)11-19-14-7-3-4-8-15(14)22-13(2)17(19)21/h3-4,7-8,12-13H,5-6,9-11H2,1-2H3/t12-,13-/m0/s1. The highest BCUT2D eigenvalue weighted by molar-refractivity contribution is 6.03. The van der Waals surface area contributed by atoms with Gasteiger partial charge in [0.1, 0.15) is 12.3 Å². The summed E-state index contributed by atoms with van der Waals surface area (Å²) >= 11 is 0. The van der Waals surface area contributed by atoms with E-state index in [1.165, 1.54) is 6.42 Å². The molecule has 118 valence electrons. The summed E-state index contributed by atoms with van der Waals surface area (Å²) < 4.78 is 5.60. The molecule has 0 aliphatic carbocycles. The van der Waals surface area contributed by atoms with Gasteiger partial charge in [0.25, 0.3) is 5.91 Å². The maximum Gasteiger partial charge on any atom is 0.268 e. The minimum absolute atomic E-state index is 0.0174. The highest BCUT2D eigenvalue weighted by Crippen LogP contribution is 2.33. The fourth-order valence-electron chi connectivity index (χ4n) is 3.17. The van der Waals surface area contributed by atoms with Gasteiger partial charge in [-0.25, -0.2) is 0 Å². The van der Waals surface area contributed by atoms with Gasteiger partial charge in [-0.2, -0.15) is 0 Å². The van der Waals surface area contributed by atoms with Gasteiger partial charge in [-0.1, -0.05) is 19.1 Å². The average Bonchev–Trinajstić information content (AvgIpc) is 2.51. The number of ether oxygens (including phenoxy) is 1. The van der Waals surface area contributed by atoms with Crippen LogP contribution in [0.4, 0.5) is 5.69 Å². The zero-order valence-corrected chi connectivity index (χ0v) is 13.1. The van der Waals surface area contributed by atoms with E-state index in [1.54, 1.807) is 11.8 Å². The molecule has 0 N–H and O–H groups in total. The smallest absolute Gasteiger partial charge is 0.268 e. The lowest BCUT2D eigenvalue weighted by atomic mass is 10.0. The van der Waals surface area contributed by atoms with Crippen molar-refractivity contribution >= 4 is 17.5 Å². The first kappa shape index (κ1) is 14.9. The zero-order valence-electron chi connectivity index (χ0n) is 13.1. The minimum Gasteiger partial charge on any atom is -0.479 e. The third-order valence-electron chi connectivity index (χ3n) is 4.38. The number of amides is 2. The van der Waals surface area contributed by atoms with Crippen LogP contribution in [0.1, 0.15) is 26.7 Å². The monoisotopic (exact) mass is 302 g/mol. The molecule has 0 spiro atoms. The quantitative estimate of drug-likeness (QED) is 0.840. The Bertz CT molecular complexity index is 587. The van der Waals surface area contributed by atoms with Gasteiger partial charge in [-0.05, 0) is 37.8 Å². The van der Waals surface area contributed by atoms with E-state index in [9.17, 15) is 9.59 Å². The molecule has 2 atom stereocenters. The van der Waals surface area contributed by atoms with E-state index in [4.69, 9.17) is 4.74 Å². The second kappa shape index (κ2) is 5.99. The number of carbonyl (C=O) groups is 2. The number of nitrogens with zero attached hydrogens (tertiary/aromatic N) is 2. The van der Waals surface area contributed by atoms with Crippen LogP contribution in [0.25, 0.3) is 0 Å². The van der Waals surface area contributed by atoms with E-state index < -0.39 is 6.10 Å². The minimum atomic E-state index is -0.553. The lowest BCUT2D eigenvalue weighted by Gasteiger charge is -2.36. The molecule has 2 heterocycles. The first-order valence-corrected chi connectivity index (χ1v) is 7.91. The summed E-state index contributed by atoms with van der Waals surface area (Å²) in [6, 6.07) is 7.38. The van der Waals surface area contributed by atoms with Crippen molar-refractivity contribution in [1.29, 1.82) is 0 Å². The molecule has 5 nitrogen and oxygen atoms in total. The Kier molecular flexibility index (Phi) is 4.05. The lowest BCUT2D eigenvalue weighted by Crippen LogP contribution is -2.51. The molecule has 1 aromatic rings. The first-order valence-electron chi connectivity index (χ1n) is 7.91. The fourth-order valence-corrected chi connectivity index (χ4v) is 3.17. The molecule has 2 aliphatic rings. The third kappa shape index (κ3) is 2.80. The number of hydrogen-bond donors (Lipinski definition) is 0. The Morgan fingerprint density at radius 3 is 2.86 bits per heavy atom. The topological polar surface area (TPSA) is 49.9 Å². The molecule has 2 amide bonds. The number of fused-ring (bicyclic) bond motifs is 1. The van der Waals surface area contributed by atoms with Crippen molar-refractivity contribution in [2.24, 2.45) is 5.92 Å². The van der Waals surface area contributed by atoms with E-state index in [-0.39, 0.29) is 18.4 Å². The van der Waals surface area contributed by atoms with Crippen LogP contribution in [0, 0.1) is 5.92 Å². The summed E-state index contributed by atoms with van der Waals surface area (Å²) in [6.07, 6.45) is 1.65. The average molecular weight is 302 g/mol. The van der Waals surface area contributed by atoms with Crippen LogP contribution >= 0.6 is 0 Å². The van der Waals surface area contributed by atoms with Crippen molar-refractivity contribution in [2.45, 2.75) is 32.8 Å². The predicted octanol–water partition coefficient (Wildman–Crippen LogP) is 2.06. The van der Waals surface area contributed by atoms with Crippen LogP contribution in [0.2, 0.25) is 0 Å². The number of rotatable bonds is 2. The van der Waals surface area contributed by atoms with Crippen LogP contribution in [0.5, 0.6) is 5.75 Å². The second-order valence-corrected chi connectivity index (χ2v) is 6.24. The second-order valence-electron chi connectivity index (χ2n) is 6.24. The van der Waals surface area contributed by atoms with Crippen molar-refractivity contribution in [3.63, 3.8) is 0 Å². The van der Waals surface area contributed by atoms with Crippen molar-refractivity contribution in [1.82, 2.24) is 4.90 Å². The fraction of sp³-hybridized carbons (Fsp3) is 0.529. The summed E-state index contributed by atoms with van der Waals surface area (Å²) in [4.78, 5) is 28.4. The SMILES string of the molecule is C[C@H]1CCCN(C(=O)CN2C(=O)[C@H](C)Oc3ccccc32)C1. The Morgan fingerprint density at radius 1 is 1.32 bits per heavy atom. The van der Waals surface area contributed by atoms with Crippen LogP contribution < -0.4 is 9.64 Å². The van der Waals surface area contributed by atoms with E-state index in [0.717, 1.165) is 19.5 Å². The molecule has 22 heavy (non-hydrogen) atoms. The molecule has 1 aromatic carbocycles. The normalized spacial score (nSPS) is 24.7. The Hall–Kier alpha value is -2.04. The Balaban J connectivity index is 1.78. The van der Waals surface area contributed by atoms with Gasteiger partial charge >= 0.3 is 0 Å². The van der Waals surface area contributed by atoms with Crippen LogP contribution in [0.3, 0.4) is 0 Å². The summed E-state index contributed by atoms with van der Waals surface area (Å²) in [6.45, 7) is 5.55. The molecular formula is C17H22N2O3. The van der Waals surface area contributed by atoms with Gasteiger partial charge in [-0.15, -0.1) is 0 Å². The molecule has 5 heteroatoms. The van der Waals surface area contributed by atoms with Crippen molar-refractivity contribution < 1.29 is 14.3 Å². The number of benzene rings is 1. The van der Waals surface area contributed by atoms with Crippen LogP contribution in [-0.4, -0.2) is 42.5 Å². The lowest BCUT2D eigenvalue weighted by molar-refractivity contribution is -0.134. The van der Waals surface area contributed by atoms with E-state index in [1.807, 2.05) is 29.2 Å². The number of carbonyl (C=O) groups excluding carboxylic acids is 2. The zero-order chi connectivity index (χ0) is 15.7. The van der Waals surface area contributed by atoms with Gasteiger partial charge in [0.2, 0.25) is 5.91 Å². The molecule has 0 bridgehead atoms. The molecule has 0 saturated carbocycles. The maximum absolute atomic E-state index is 12.6. The van der Waals surface area contributed by atoms with E-state index >= 15 is 0 Å². The number of piperidine rings is 1. The highest BCUT2D eigenvalue weighted by atomic mass is 16.5. The maximum atomic E-state index is 12.6. The van der Waals surface area contributed by atoms with Crippen LogP contribution in [-0.2, 0) is 9.59 Å². The summed E-state index contributed by atoms with van der Waals surface area (Å²) in [7, 11) is 0. The summed E-state index contributed by atoms with van der Waals surface area (Å²) in [5, 5.41) is 0.